The maximum Gasteiger partial charge on any atom is 0.444 e. The Morgan fingerprint density at radius 3 is 2.78 bits per heavy atom. The molecular formula is C10H11N3O5. The summed E-state index contributed by atoms with van der Waals surface area (Å²) in [6, 6.07) is 4.33. The minimum Gasteiger partial charge on any atom is -0.595 e. The maximum absolute atomic E-state index is 11.5. The molecule has 1 atom stereocenters. The Bertz CT molecular complexity index is 616. The Labute approximate surface area is 101 Å². The van der Waals surface area contributed by atoms with Crippen LogP contribution in [0.1, 0.15) is 5.56 Å². The quantitative estimate of drug-likeness (QED) is 0.717. The average Bonchev–Trinajstić information content (AvgIpc) is 2.70. The first-order chi connectivity index (χ1) is 8.52. The first kappa shape index (κ1) is 12.3. The normalized spacial score (nSPS) is 12.4. The van der Waals surface area contributed by atoms with Crippen molar-refractivity contribution >= 4 is 5.69 Å². The maximum atomic E-state index is 11.5. The lowest BCUT2D eigenvalue weighted by Gasteiger charge is -2.13. The Balaban J connectivity index is 2.51. The fourth-order valence-corrected chi connectivity index (χ4v) is 1.52. The van der Waals surface area contributed by atoms with E-state index in [1.807, 2.05) is 0 Å². The summed E-state index contributed by atoms with van der Waals surface area (Å²) in [4.78, 5) is 11.5. The molecule has 2 N–H and O–H groups in total. The molecule has 0 radical (unpaired) electrons. The Kier molecular flexibility index (Phi) is 3.15. The van der Waals surface area contributed by atoms with Crippen LogP contribution in [0.4, 0.5) is 5.69 Å². The van der Waals surface area contributed by atoms with Gasteiger partial charge in [-0.25, -0.2) is 10.0 Å². The minimum atomic E-state index is -1.03. The second kappa shape index (κ2) is 4.61. The number of benzene rings is 1. The van der Waals surface area contributed by atoms with E-state index in [2.05, 4.69) is 5.10 Å². The minimum absolute atomic E-state index is 0.139. The molecule has 96 valence electrons. The summed E-state index contributed by atoms with van der Waals surface area (Å²) >= 11 is 0. The molecule has 8 nitrogen and oxygen atoms in total. The molecular weight excluding hydrogens is 242 g/mol. The van der Waals surface area contributed by atoms with Crippen LogP contribution in [-0.2, 0) is 0 Å². The van der Waals surface area contributed by atoms with Crippen molar-refractivity contribution in [2.75, 3.05) is 7.11 Å². The van der Waals surface area contributed by atoms with Crippen LogP contribution < -0.4 is 15.7 Å². The number of hydrogen-bond acceptors (Lipinski definition) is 6. The van der Waals surface area contributed by atoms with Gasteiger partial charge in [-0.1, -0.05) is 5.10 Å². The molecule has 2 rings (SSSR count). The zero-order chi connectivity index (χ0) is 13.3. The van der Waals surface area contributed by atoms with Crippen molar-refractivity contribution in [3.63, 3.8) is 0 Å². The molecule has 0 aliphatic heterocycles. The molecule has 0 aliphatic rings. The monoisotopic (exact) mass is 253 g/mol. The SMILES string of the molecule is COc1nn(-c2ccc([NH+]([O-])O)cc2C)c(=O)o1. The highest BCUT2D eigenvalue weighted by molar-refractivity contribution is 5.46. The first-order valence-electron chi connectivity index (χ1n) is 5.01. The number of rotatable bonds is 3. The van der Waals surface area contributed by atoms with Crippen molar-refractivity contribution in [2.24, 2.45) is 0 Å². The predicted octanol–water partition coefficient (Wildman–Crippen LogP) is -0.454. The molecule has 0 fully saturated rings. The van der Waals surface area contributed by atoms with Crippen molar-refractivity contribution in [3.8, 4) is 11.8 Å². The molecule has 18 heavy (non-hydrogen) atoms. The molecule has 1 aromatic carbocycles. The van der Waals surface area contributed by atoms with E-state index in [1.54, 1.807) is 6.92 Å². The van der Waals surface area contributed by atoms with E-state index in [4.69, 9.17) is 14.4 Å². The lowest BCUT2D eigenvalue weighted by molar-refractivity contribution is -0.991. The van der Waals surface area contributed by atoms with Gasteiger partial charge in [-0.2, -0.15) is 9.91 Å². The molecule has 0 saturated heterocycles. The van der Waals surface area contributed by atoms with Crippen LogP contribution in [0.2, 0.25) is 0 Å². The van der Waals surface area contributed by atoms with Gasteiger partial charge in [0.15, 0.2) is 5.69 Å². The second-order valence-electron chi connectivity index (χ2n) is 3.56. The zero-order valence-corrected chi connectivity index (χ0v) is 9.71. The largest absolute Gasteiger partial charge is 0.595 e. The molecule has 1 unspecified atom stereocenters. The van der Waals surface area contributed by atoms with Crippen molar-refractivity contribution in [2.45, 2.75) is 6.92 Å². The van der Waals surface area contributed by atoms with Gasteiger partial charge in [-0.05, 0) is 18.6 Å². The average molecular weight is 253 g/mol. The van der Waals surface area contributed by atoms with E-state index in [1.165, 1.54) is 25.3 Å². The zero-order valence-electron chi connectivity index (χ0n) is 9.71. The van der Waals surface area contributed by atoms with Gasteiger partial charge in [-0.3, -0.25) is 0 Å². The number of methoxy groups -OCH3 is 1. The topological polar surface area (TPSA) is 105 Å². The molecule has 2 aromatic rings. The summed E-state index contributed by atoms with van der Waals surface area (Å²) in [5.74, 6) is -0.696. The number of hydrogen-bond donors (Lipinski definition) is 2. The molecule has 0 amide bonds. The summed E-state index contributed by atoms with van der Waals surface area (Å²) in [6.45, 7) is 1.68. The Morgan fingerprint density at radius 1 is 1.56 bits per heavy atom. The second-order valence-corrected chi connectivity index (χ2v) is 3.56. The van der Waals surface area contributed by atoms with Gasteiger partial charge < -0.3 is 14.4 Å². The molecule has 1 aromatic heterocycles. The summed E-state index contributed by atoms with van der Waals surface area (Å²) in [7, 11) is 1.33. The molecule has 0 saturated carbocycles. The van der Waals surface area contributed by atoms with E-state index >= 15 is 0 Å². The van der Waals surface area contributed by atoms with Crippen LogP contribution >= 0.6 is 0 Å². The molecule has 8 heteroatoms. The van der Waals surface area contributed by atoms with Crippen LogP contribution in [0.5, 0.6) is 6.08 Å². The highest BCUT2D eigenvalue weighted by atomic mass is 16.8. The van der Waals surface area contributed by atoms with Crippen molar-refractivity contribution < 1.29 is 19.6 Å². The van der Waals surface area contributed by atoms with Gasteiger partial charge in [0.05, 0.1) is 12.8 Å². The van der Waals surface area contributed by atoms with Crippen LogP contribution in [0.25, 0.3) is 5.69 Å². The summed E-state index contributed by atoms with van der Waals surface area (Å²) in [6.07, 6.45) is -0.151. The van der Waals surface area contributed by atoms with Gasteiger partial charge >= 0.3 is 11.8 Å². The van der Waals surface area contributed by atoms with E-state index < -0.39 is 11.0 Å². The smallest absolute Gasteiger partial charge is 0.444 e. The van der Waals surface area contributed by atoms with Gasteiger partial charge in [-0.15, -0.1) is 0 Å². The third-order valence-corrected chi connectivity index (χ3v) is 2.38. The van der Waals surface area contributed by atoms with Gasteiger partial charge in [0.25, 0.3) is 0 Å². The van der Waals surface area contributed by atoms with Crippen molar-refractivity contribution in [3.05, 3.63) is 39.5 Å². The number of nitrogens with one attached hydrogen (secondary N) is 1. The van der Waals surface area contributed by atoms with E-state index in [-0.39, 0.29) is 11.8 Å². The Morgan fingerprint density at radius 2 is 2.28 bits per heavy atom. The standard InChI is InChI=1S/C10H11N3O5/c1-6-5-7(13(15)16)3-4-8(6)12-10(14)18-9(11-12)17-2/h3-5,13,15H,1-2H3. The van der Waals surface area contributed by atoms with Gasteiger partial charge in [0.2, 0.25) is 0 Å². The lowest BCUT2D eigenvalue weighted by Crippen LogP contribution is -2.99. The first-order valence-corrected chi connectivity index (χ1v) is 5.01. The fourth-order valence-electron chi connectivity index (χ4n) is 1.52. The molecule has 1 heterocycles. The number of aromatic nitrogens is 2. The third-order valence-electron chi connectivity index (χ3n) is 2.38. The van der Waals surface area contributed by atoms with E-state index in [9.17, 15) is 10.0 Å². The van der Waals surface area contributed by atoms with Gasteiger partial charge in [0, 0.05) is 12.1 Å². The number of ether oxygens (including phenoxy) is 1. The van der Waals surface area contributed by atoms with Crippen molar-refractivity contribution in [1.82, 2.24) is 9.78 Å². The van der Waals surface area contributed by atoms with E-state index in [0.717, 1.165) is 4.68 Å². The Hall–Kier alpha value is -2.16. The van der Waals surface area contributed by atoms with Gasteiger partial charge in [0.1, 0.15) is 0 Å². The number of quaternary nitrogens is 1. The van der Waals surface area contributed by atoms with E-state index in [0.29, 0.717) is 11.3 Å². The van der Waals surface area contributed by atoms with Crippen LogP contribution in [0.3, 0.4) is 0 Å². The van der Waals surface area contributed by atoms with Crippen LogP contribution in [0, 0.1) is 12.1 Å². The van der Waals surface area contributed by atoms with Crippen molar-refractivity contribution in [1.29, 1.82) is 0 Å². The number of aryl methyl sites for hydroxylation is 1. The highest BCUT2D eigenvalue weighted by Gasteiger charge is 2.13. The third kappa shape index (κ3) is 2.12. The number of nitrogens with zero attached hydrogens (tertiary/aromatic N) is 2. The predicted molar refractivity (Wildman–Crippen MR) is 59.2 cm³/mol. The molecule has 0 bridgehead atoms. The summed E-state index contributed by atoms with van der Waals surface area (Å²) in [5, 5.41) is 22.4. The summed E-state index contributed by atoms with van der Waals surface area (Å²) in [5.41, 5.74) is 1.17. The molecule has 0 aliphatic carbocycles. The van der Waals surface area contributed by atoms with Crippen LogP contribution in [0.15, 0.2) is 27.4 Å². The summed E-state index contributed by atoms with van der Waals surface area (Å²) < 4.78 is 10.4. The fraction of sp³-hybridized carbons (Fsp3) is 0.200. The highest BCUT2D eigenvalue weighted by Crippen LogP contribution is 2.16. The molecule has 0 spiro atoms. The van der Waals surface area contributed by atoms with Crippen LogP contribution in [-0.4, -0.2) is 22.1 Å². The lowest BCUT2D eigenvalue weighted by atomic mass is 10.2.